The SMILES string of the molecule is CCCC(CC(=O)OCC(C)C)c1ccccn1. The van der Waals surface area contributed by atoms with Crippen molar-refractivity contribution in [2.75, 3.05) is 6.61 Å². The van der Waals surface area contributed by atoms with Gasteiger partial charge in [-0.05, 0) is 24.5 Å². The van der Waals surface area contributed by atoms with Crippen LogP contribution in [0.15, 0.2) is 24.4 Å². The fraction of sp³-hybridized carbons (Fsp3) is 0.600. The van der Waals surface area contributed by atoms with Crippen molar-refractivity contribution in [1.29, 1.82) is 0 Å². The molecule has 0 bridgehead atoms. The molecule has 1 aromatic heterocycles. The van der Waals surface area contributed by atoms with Gasteiger partial charge < -0.3 is 4.74 Å². The van der Waals surface area contributed by atoms with Gasteiger partial charge in [-0.25, -0.2) is 0 Å². The molecule has 0 N–H and O–H groups in total. The van der Waals surface area contributed by atoms with Crippen molar-refractivity contribution in [1.82, 2.24) is 4.98 Å². The third-order valence-corrected chi connectivity index (χ3v) is 2.73. The van der Waals surface area contributed by atoms with Crippen molar-refractivity contribution < 1.29 is 9.53 Å². The highest BCUT2D eigenvalue weighted by molar-refractivity contribution is 5.70. The van der Waals surface area contributed by atoms with E-state index in [0.717, 1.165) is 18.5 Å². The lowest BCUT2D eigenvalue weighted by Crippen LogP contribution is -2.14. The van der Waals surface area contributed by atoms with Gasteiger partial charge in [-0.1, -0.05) is 33.3 Å². The second kappa shape index (κ2) is 7.85. The third-order valence-electron chi connectivity index (χ3n) is 2.73. The molecule has 0 aliphatic carbocycles. The summed E-state index contributed by atoms with van der Waals surface area (Å²) in [5.41, 5.74) is 0.987. The Morgan fingerprint density at radius 1 is 1.39 bits per heavy atom. The number of aromatic nitrogens is 1. The smallest absolute Gasteiger partial charge is 0.306 e. The van der Waals surface area contributed by atoms with Crippen LogP contribution in [0.2, 0.25) is 0 Å². The maximum Gasteiger partial charge on any atom is 0.306 e. The molecule has 1 aromatic rings. The number of ether oxygens (including phenoxy) is 1. The number of carbonyl (C=O) groups excluding carboxylic acids is 1. The topological polar surface area (TPSA) is 39.2 Å². The number of carbonyl (C=O) groups is 1. The third kappa shape index (κ3) is 5.30. The Hall–Kier alpha value is -1.38. The van der Waals surface area contributed by atoms with Crippen LogP contribution in [-0.2, 0) is 9.53 Å². The van der Waals surface area contributed by atoms with E-state index in [-0.39, 0.29) is 11.9 Å². The number of hydrogen-bond donors (Lipinski definition) is 0. The van der Waals surface area contributed by atoms with Gasteiger partial charge in [-0.3, -0.25) is 9.78 Å². The standard InChI is InChI=1S/C15H23NO2/c1-4-7-13(14-8-5-6-9-16-14)10-15(17)18-11-12(2)3/h5-6,8-9,12-13H,4,7,10-11H2,1-3H3. The molecule has 1 unspecified atom stereocenters. The number of esters is 1. The molecule has 3 heteroatoms. The molecule has 0 fully saturated rings. The van der Waals surface area contributed by atoms with E-state index in [9.17, 15) is 4.79 Å². The number of rotatable bonds is 7. The van der Waals surface area contributed by atoms with Crippen molar-refractivity contribution >= 4 is 5.97 Å². The zero-order chi connectivity index (χ0) is 13.4. The minimum absolute atomic E-state index is 0.118. The molecule has 0 saturated carbocycles. The highest BCUT2D eigenvalue weighted by atomic mass is 16.5. The van der Waals surface area contributed by atoms with Gasteiger partial charge in [0.25, 0.3) is 0 Å². The number of nitrogens with zero attached hydrogens (tertiary/aromatic N) is 1. The average Bonchev–Trinajstić information content (AvgIpc) is 2.37. The highest BCUT2D eigenvalue weighted by Crippen LogP contribution is 2.23. The summed E-state index contributed by atoms with van der Waals surface area (Å²) >= 11 is 0. The Balaban J connectivity index is 2.55. The normalized spacial score (nSPS) is 12.4. The zero-order valence-corrected chi connectivity index (χ0v) is 11.6. The monoisotopic (exact) mass is 249 g/mol. The van der Waals surface area contributed by atoms with E-state index in [2.05, 4.69) is 11.9 Å². The quantitative estimate of drug-likeness (QED) is 0.694. The first-order chi connectivity index (χ1) is 8.63. The van der Waals surface area contributed by atoms with Crippen LogP contribution in [0.4, 0.5) is 0 Å². The minimum atomic E-state index is -0.118. The van der Waals surface area contributed by atoms with E-state index in [0.29, 0.717) is 18.9 Å². The van der Waals surface area contributed by atoms with Gasteiger partial charge >= 0.3 is 5.97 Å². The largest absolute Gasteiger partial charge is 0.465 e. The predicted molar refractivity (Wildman–Crippen MR) is 72.3 cm³/mol. The van der Waals surface area contributed by atoms with Crippen molar-refractivity contribution in [3.63, 3.8) is 0 Å². The fourth-order valence-electron chi connectivity index (χ4n) is 1.84. The van der Waals surface area contributed by atoms with Crippen molar-refractivity contribution in [2.24, 2.45) is 5.92 Å². The first-order valence-corrected chi connectivity index (χ1v) is 6.70. The molecule has 3 nitrogen and oxygen atoms in total. The van der Waals surface area contributed by atoms with E-state index in [1.54, 1.807) is 6.20 Å². The lowest BCUT2D eigenvalue weighted by molar-refractivity contribution is -0.145. The van der Waals surface area contributed by atoms with Crippen LogP contribution in [0.25, 0.3) is 0 Å². The molecule has 0 aliphatic heterocycles. The minimum Gasteiger partial charge on any atom is -0.465 e. The summed E-state index contributed by atoms with van der Waals surface area (Å²) in [6, 6.07) is 5.84. The second-order valence-electron chi connectivity index (χ2n) is 5.02. The average molecular weight is 249 g/mol. The van der Waals surface area contributed by atoms with Gasteiger partial charge in [0.1, 0.15) is 0 Å². The summed E-state index contributed by atoms with van der Waals surface area (Å²) in [4.78, 5) is 16.1. The van der Waals surface area contributed by atoms with E-state index in [4.69, 9.17) is 4.74 Å². The van der Waals surface area contributed by atoms with Crippen molar-refractivity contribution in [3.05, 3.63) is 30.1 Å². The Morgan fingerprint density at radius 2 is 2.17 bits per heavy atom. The molecule has 0 saturated heterocycles. The first kappa shape index (κ1) is 14.7. The van der Waals surface area contributed by atoms with E-state index in [1.165, 1.54) is 0 Å². The molecule has 0 radical (unpaired) electrons. The molecular formula is C15H23NO2. The molecule has 100 valence electrons. The lowest BCUT2D eigenvalue weighted by Gasteiger charge is -2.15. The van der Waals surface area contributed by atoms with E-state index >= 15 is 0 Å². The molecule has 1 atom stereocenters. The molecule has 1 rings (SSSR count). The van der Waals surface area contributed by atoms with Gasteiger partial charge in [0.15, 0.2) is 0 Å². The maximum atomic E-state index is 11.8. The predicted octanol–water partition coefficient (Wildman–Crippen LogP) is 3.55. The Kier molecular flexibility index (Phi) is 6.40. The Morgan fingerprint density at radius 3 is 2.72 bits per heavy atom. The van der Waals surface area contributed by atoms with Crippen molar-refractivity contribution in [3.8, 4) is 0 Å². The lowest BCUT2D eigenvalue weighted by atomic mass is 9.95. The van der Waals surface area contributed by atoms with Crippen LogP contribution in [0.5, 0.6) is 0 Å². The summed E-state index contributed by atoms with van der Waals surface area (Å²) in [5.74, 6) is 0.442. The number of pyridine rings is 1. The highest BCUT2D eigenvalue weighted by Gasteiger charge is 2.17. The van der Waals surface area contributed by atoms with Crippen LogP contribution in [0.1, 0.15) is 51.6 Å². The summed E-state index contributed by atoms with van der Waals surface area (Å²) in [7, 11) is 0. The fourth-order valence-corrected chi connectivity index (χ4v) is 1.84. The van der Waals surface area contributed by atoms with Crippen LogP contribution in [-0.4, -0.2) is 17.6 Å². The van der Waals surface area contributed by atoms with Gasteiger partial charge in [0.2, 0.25) is 0 Å². The molecule has 0 amide bonds. The molecule has 0 aliphatic rings. The summed E-state index contributed by atoms with van der Waals surface area (Å²) < 4.78 is 5.24. The van der Waals surface area contributed by atoms with Crippen LogP contribution in [0.3, 0.4) is 0 Å². The number of hydrogen-bond acceptors (Lipinski definition) is 3. The Bertz CT molecular complexity index is 349. The first-order valence-electron chi connectivity index (χ1n) is 6.70. The van der Waals surface area contributed by atoms with Crippen LogP contribution in [0, 0.1) is 5.92 Å². The summed E-state index contributed by atoms with van der Waals surface area (Å²) in [6.07, 6.45) is 4.21. The van der Waals surface area contributed by atoms with Crippen molar-refractivity contribution in [2.45, 2.75) is 46.0 Å². The zero-order valence-electron chi connectivity index (χ0n) is 11.6. The molecule has 18 heavy (non-hydrogen) atoms. The van der Waals surface area contributed by atoms with Crippen LogP contribution < -0.4 is 0 Å². The Labute approximate surface area is 110 Å². The van der Waals surface area contributed by atoms with Crippen LogP contribution >= 0.6 is 0 Å². The summed E-state index contributed by atoms with van der Waals surface area (Å²) in [5, 5.41) is 0. The van der Waals surface area contributed by atoms with Gasteiger partial charge in [-0.15, -0.1) is 0 Å². The van der Waals surface area contributed by atoms with E-state index in [1.807, 2.05) is 32.0 Å². The van der Waals surface area contributed by atoms with Gasteiger partial charge in [0.05, 0.1) is 13.0 Å². The molecule has 0 aromatic carbocycles. The molecule has 1 heterocycles. The van der Waals surface area contributed by atoms with E-state index < -0.39 is 0 Å². The van der Waals surface area contributed by atoms with Gasteiger partial charge in [0, 0.05) is 17.8 Å². The van der Waals surface area contributed by atoms with Gasteiger partial charge in [-0.2, -0.15) is 0 Å². The molecular weight excluding hydrogens is 226 g/mol. The second-order valence-corrected chi connectivity index (χ2v) is 5.02. The maximum absolute atomic E-state index is 11.8. The molecule has 0 spiro atoms. The summed E-state index contributed by atoms with van der Waals surface area (Å²) in [6.45, 7) is 6.69.